The van der Waals surface area contributed by atoms with Gasteiger partial charge in [0.25, 0.3) is 11.5 Å². The molecule has 0 saturated carbocycles. The molecule has 9 nitrogen and oxygen atoms in total. The number of hydrogen-bond donors (Lipinski definition) is 2. The molecular formula is C22H16F3N3O6S4. The summed E-state index contributed by atoms with van der Waals surface area (Å²) < 4.78 is 40.5. The highest BCUT2D eigenvalue weighted by molar-refractivity contribution is 8.30. The Balaban J connectivity index is 1.81. The van der Waals surface area contributed by atoms with E-state index in [2.05, 4.69) is 0 Å². The lowest BCUT2D eigenvalue weighted by Crippen LogP contribution is -2.36. The predicted octanol–water partition coefficient (Wildman–Crippen LogP) is 2.32. The van der Waals surface area contributed by atoms with E-state index >= 15 is 0 Å². The Morgan fingerprint density at radius 2 is 1.74 bits per heavy atom. The number of carbonyl (C=O) groups is 3. The van der Waals surface area contributed by atoms with Crippen LogP contribution in [0, 0.1) is 0 Å². The number of rotatable bonds is 6. The number of carbonyl (C=O) groups excluding carboxylic acids is 1. The molecule has 1 saturated heterocycles. The van der Waals surface area contributed by atoms with Gasteiger partial charge in [0.05, 0.1) is 20.8 Å². The number of anilines is 1. The van der Waals surface area contributed by atoms with Crippen LogP contribution in [0.4, 0.5) is 18.9 Å². The van der Waals surface area contributed by atoms with E-state index in [-0.39, 0.29) is 18.4 Å². The molecule has 1 fully saturated rings. The number of carboxylic acids is 2. The molecule has 200 valence electrons. The van der Waals surface area contributed by atoms with Crippen LogP contribution in [0.2, 0.25) is 0 Å². The third-order valence-electron chi connectivity index (χ3n) is 5.29. The van der Waals surface area contributed by atoms with E-state index < -0.39 is 48.2 Å². The number of carboxylic acid groups (broad SMARTS) is 2. The maximum atomic E-state index is 13.2. The van der Waals surface area contributed by atoms with Crippen molar-refractivity contribution < 1.29 is 37.8 Å². The van der Waals surface area contributed by atoms with Gasteiger partial charge in [0.1, 0.15) is 27.0 Å². The van der Waals surface area contributed by atoms with Gasteiger partial charge in [-0.1, -0.05) is 35.7 Å². The van der Waals surface area contributed by atoms with Gasteiger partial charge in [-0.3, -0.25) is 28.6 Å². The number of hydrogen-bond acceptors (Lipinski definition) is 9. The van der Waals surface area contributed by atoms with Crippen molar-refractivity contribution in [2.45, 2.75) is 24.5 Å². The number of aromatic nitrogens is 1. The molecule has 0 radical (unpaired) electrons. The van der Waals surface area contributed by atoms with E-state index in [1.165, 1.54) is 23.9 Å². The van der Waals surface area contributed by atoms with Crippen molar-refractivity contribution in [2.24, 2.45) is 0 Å². The minimum Gasteiger partial charge on any atom is -0.480 e. The molecule has 1 aromatic heterocycles. The zero-order valence-corrected chi connectivity index (χ0v) is 22.4. The molecule has 1 aromatic carbocycles. The van der Waals surface area contributed by atoms with Gasteiger partial charge in [-0.2, -0.15) is 13.2 Å². The van der Waals surface area contributed by atoms with Gasteiger partial charge in [-0.05, 0) is 37.3 Å². The van der Waals surface area contributed by atoms with Gasteiger partial charge < -0.3 is 15.1 Å². The average molecular weight is 604 g/mol. The Bertz CT molecular complexity index is 1590. The standard InChI is InChI=1S/C22H16F3N3O6S4/c1-2-26-11-7-10(22(23,24)25)3-4-12(11)36-14(26)6-5-13-18(33)27(8-15(29)30)20(37-13)17-19(34)28(9-16(31)32)21(35)38-17/h3-7H,2,8-9H2,1H3,(H,29,30)(H,31,32)/b13-5+,14-6-,20-17-. The second kappa shape index (κ2) is 10.6. The fraction of sp³-hybridized carbons (Fsp3) is 0.227. The van der Waals surface area contributed by atoms with E-state index in [0.717, 1.165) is 44.7 Å². The maximum absolute atomic E-state index is 13.2. The molecule has 0 bridgehead atoms. The molecule has 2 aromatic rings. The van der Waals surface area contributed by atoms with E-state index in [4.69, 9.17) is 17.3 Å². The number of thiazole rings is 1. The minimum atomic E-state index is -4.50. The van der Waals surface area contributed by atoms with Gasteiger partial charge in [0.15, 0.2) is 0 Å². The lowest BCUT2D eigenvalue weighted by Gasteiger charge is -2.18. The number of allylic oxidation sites excluding steroid dienone is 1. The van der Waals surface area contributed by atoms with Crippen LogP contribution in [0.5, 0.6) is 0 Å². The summed E-state index contributed by atoms with van der Waals surface area (Å²) in [7, 11) is 0. The molecule has 4 rings (SSSR count). The molecule has 0 spiro atoms. The van der Waals surface area contributed by atoms with Gasteiger partial charge in [-0.25, -0.2) is 0 Å². The Morgan fingerprint density at radius 3 is 2.34 bits per heavy atom. The zero-order valence-electron chi connectivity index (χ0n) is 19.1. The third kappa shape index (κ3) is 5.39. The Hall–Kier alpha value is -3.08. The lowest BCUT2D eigenvalue weighted by molar-refractivity contribution is -0.140. The van der Waals surface area contributed by atoms with E-state index in [0.29, 0.717) is 22.2 Å². The SMILES string of the molecule is CCN1/C(=C/C=c2/s/c(=C3\SC(=S)N(CC(=O)O)C3=O)n(CC(=O)O)c2=O)Sc2ccc(C(F)(F)F)cc21. The maximum Gasteiger partial charge on any atom is 0.416 e. The van der Waals surface area contributed by atoms with Crippen molar-refractivity contribution in [3.63, 3.8) is 0 Å². The molecule has 3 heterocycles. The molecule has 16 heteroatoms. The van der Waals surface area contributed by atoms with Crippen LogP contribution < -0.4 is 19.7 Å². The number of halogens is 3. The largest absolute Gasteiger partial charge is 0.480 e. The van der Waals surface area contributed by atoms with Crippen molar-refractivity contribution in [1.29, 1.82) is 0 Å². The first kappa shape index (κ1) is 27.9. The first-order chi connectivity index (χ1) is 17.8. The van der Waals surface area contributed by atoms with Gasteiger partial charge >= 0.3 is 18.1 Å². The Morgan fingerprint density at radius 1 is 1.05 bits per heavy atom. The summed E-state index contributed by atoms with van der Waals surface area (Å²) in [4.78, 5) is 51.5. The topological polar surface area (TPSA) is 120 Å². The van der Waals surface area contributed by atoms with E-state index in [1.807, 2.05) is 0 Å². The van der Waals surface area contributed by atoms with Crippen molar-refractivity contribution in [3.05, 3.63) is 54.4 Å². The Labute approximate surface area is 229 Å². The summed E-state index contributed by atoms with van der Waals surface area (Å²) in [5.41, 5.74) is -1.11. The molecule has 38 heavy (non-hydrogen) atoms. The second-order valence-electron chi connectivity index (χ2n) is 7.74. The van der Waals surface area contributed by atoms with E-state index in [1.54, 1.807) is 17.9 Å². The monoisotopic (exact) mass is 603 g/mol. The van der Waals surface area contributed by atoms with Crippen LogP contribution in [-0.2, 0) is 27.1 Å². The average Bonchev–Trinajstić information content (AvgIpc) is 3.43. The number of thioether (sulfide) groups is 2. The summed E-state index contributed by atoms with van der Waals surface area (Å²) in [5.74, 6) is -3.39. The van der Waals surface area contributed by atoms with Crippen LogP contribution in [0.3, 0.4) is 0 Å². The summed E-state index contributed by atoms with van der Waals surface area (Å²) in [5, 5.41) is 18.9. The summed E-state index contributed by atoms with van der Waals surface area (Å²) >= 11 is 7.90. The smallest absolute Gasteiger partial charge is 0.416 e. The van der Waals surface area contributed by atoms with Crippen molar-refractivity contribution in [1.82, 2.24) is 9.47 Å². The van der Waals surface area contributed by atoms with Gasteiger partial charge in [-0.15, -0.1) is 11.3 Å². The van der Waals surface area contributed by atoms with Crippen LogP contribution in [0.25, 0.3) is 11.0 Å². The number of amides is 1. The predicted molar refractivity (Wildman–Crippen MR) is 141 cm³/mol. The normalized spacial score (nSPS) is 18.6. The number of nitrogens with zero attached hydrogens (tertiary/aromatic N) is 3. The summed E-state index contributed by atoms with van der Waals surface area (Å²) in [6.45, 7) is 0.673. The number of thiocarbonyl (C=S) groups is 1. The lowest BCUT2D eigenvalue weighted by atomic mass is 10.2. The fourth-order valence-corrected chi connectivity index (χ4v) is 7.22. The molecular weight excluding hydrogens is 588 g/mol. The first-order valence-electron chi connectivity index (χ1n) is 10.6. The van der Waals surface area contributed by atoms with E-state index in [9.17, 15) is 37.5 Å². The molecule has 0 atom stereocenters. The number of alkyl halides is 3. The highest BCUT2D eigenvalue weighted by Gasteiger charge is 2.36. The van der Waals surface area contributed by atoms with Crippen molar-refractivity contribution in [3.8, 4) is 0 Å². The Kier molecular flexibility index (Phi) is 7.79. The molecule has 2 aliphatic heterocycles. The van der Waals surface area contributed by atoms with Crippen LogP contribution in [-0.4, -0.2) is 54.9 Å². The summed E-state index contributed by atoms with van der Waals surface area (Å²) in [6, 6.07) is 3.43. The molecule has 0 unspecified atom stereocenters. The zero-order chi connectivity index (χ0) is 27.9. The highest BCUT2D eigenvalue weighted by Crippen LogP contribution is 2.47. The number of fused-ring (bicyclic) bond motifs is 1. The third-order valence-corrected chi connectivity index (χ3v) is 9.13. The van der Waals surface area contributed by atoms with Gasteiger partial charge in [0.2, 0.25) is 0 Å². The van der Waals surface area contributed by atoms with Crippen molar-refractivity contribution in [2.75, 3.05) is 18.0 Å². The van der Waals surface area contributed by atoms with Gasteiger partial charge in [0, 0.05) is 11.4 Å². The van der Waals surface area contributed by atoms with Crippen LogP contribution in [0.15, 0.2) is 39.0 Å². The molecule has 0 aliphatic carbocycles. The quantitative estimate of drug-likeness (QED) is 0.476. The minimum absolute atomic E-state index is 0.0109. The number of aliphatic carboxylic acids is 2. The summed E-state index contributed by atoms with van der Waals surface area (Å²) in [6.07, 6.45) is -1.55. The molecule has 2 aliphatic rings. The van der Waals surface area contributed by atoms with Crippen LogP contribution in [0.1, 0.15) is 12.5 Å². The number of benzene rings is 1. The van der Waals surface area contributed by atoms with Crippen LogP contribution >= 0.6 is 47.1 Å². The molecule has 1 amide bonds. The first-order valence-corrected chi connectivity index (χ1v) is 13.5. The molecule has 2 N–H and O–H groups in total. The fourth-order valence-electron chi connectivity index (χ4n) is 3.65. The highest BCUT2D eigenvalue weighted by atomic mass is 32.2. The van der Waals surface area contributed by atoms with Crippen molar-refractivity contribution >= 4 is 85.9 Å². The second-order valence-corrected chi connectivity index (χ2v) is 11.5.